The first-order valence-corrected chi connectivity index (χ1v) is 6.27. The Morgan fingerprint density at radius 3 is 2.82 bits per heavy atom. The zero-order chi connectivity index (χ0) is 12.4. The van der Waals surface area contributed by atoms with Gasteiger partial charge >= 0.3 is 12.0 Å². The monoisotopic (exact) mass is 254 g/mol. The molecule has 2 amide bonds. The van der Waals surface area contributed by atoms with Gasteiger partial charge in [0.2, 0.25) is 0 Å². The second-order valence-electron chi connectivity index (χ2n) is 4.13. The molecule has 1 aliphatic heterocycles. The number of carbonyl (C=O) groups excluding carboxylic acids is 1. The number of carboxylic acids is 1. The lowest BCUT2D eigenvalue weighted by Crippen LogP contribution is -2.56. The quantitative estimate of drug-likeness (QED) is 0.859. The van der Waals surface area contributed by atoms with Gasteiger partial charge in [0.25, 0.3) is 0 Å². The van der Waals surface area contributed by atoms with Gasteiger partial charge in [-0.1, -0.05) is 6.07 Å². The number of aliphatic carboxylic acids is 1. The lowest BCUT2D eigenvalue weighted by molar-refractivity contribution is -0.146. The number of hydrogen-bond acceptors (Lipinski definition) is 3. The molecule has 1 unspecified atom stereocenters. The van der Waals surface area contributed by atoms with Crippen molar-refractivity contribution in [1.29, 1.82) is 0 Å². The van der Waals surface area contributed by atoms with Gasteiger partial charge in [-0.15, -0.1) is 11.3 Å². The summed E-state index contributed by atoms with van der Waals surface area (Å²) in [6, 6.07) is 3.67. The van der Waals surface area contributed by atoms with Crippen LogP contribution in [0.25, 0.3) is 0 Å². The average Bonchev–Trinajstić information content (AvgIpc) is 2.66. The average molecular weight is 254 g/mol. The third kappa shape index (κ3) is 2.58. The molecular formula is C11H14N2O3S. The highest BCUT2D eigenvalue weighted by atomic mass is 32.1. The van der Waals surface area contributed by atoms with E-state index in [-0.39, 0.29) is 12.1 Å². The van der Waals surface area contributed by atoms with Crippen LogP contribution in [0, 0.1) is 5.92 Å². The Hall–Kier alpha value is -1.56. The van der Waals surface area contributed by atoms with Crippen molar-refractivity contribution in [3.8, 4) is 0 Å². The van der Waals surface area contributed by atoms with Crippen molar-refractivity contribution in [1.82, 2.24) is 10.2 Å². The maximum absolute atomic E-state index is 11.7. The summed E-state index contributed by atoms with van der Waals surface area (Å²) in [4.78, 5) is 24.9. The van der Waals surface area contributed by atoms with Gasteiger partial charge in [0.1, 0.15) is 0 Å². The molecule has 1 fully saturated rings. The Morgan fingerprint density at radius 2 is 2.29 bits per heavy atom. The number of nitrogens with zero attached hydrogens (tertiary/aromatic N) is 1. The second kappa shape index (κ2) is 4.75. The minimum Gasteiger partial charge on any atom is -0.481 e. The van der Waals surface area contributed by atoms with Crippen LogP contribution < -0.4 is 5.32 Å². The molecule has 2 rings (SSSR count). The summed E-state index contributed by atoms with van der Waals surface area (Å²) in [6.45, 7) is 2.52. The van der Waals surface area contributed by atoms with Crippen LogP contribution >= 0.6 is 11.3 Å². The van der Waals surface area contributed by atoms with Crippen molar-refractivity contribution in [3.05, 3.63) is 22.4 Å². The minimum absolute atomic E-state index is 0.0358. The number of urea groups is 1. The molecule has 2 N–H and O–H groups in total. The highest BCUT2D eigenvalue weighted by Gasteiger charge is 2.35. The van der Waals surface area contributed by atoms with Gasteiger partial charge in [0, 0.05) is 18.0 Å². The van der Waals surface area contributed by atoms with Gasteiger partial charge in [-0.05, 0) is 18.4 Å². The Kier molecular flexibility index (Phi) is 3.33. The summed E-state index contributed by atoms with van der Waals surface area (Å²) in [6.07, 6.45) is 0. The highest BCUT2D eigenvalue weighted by molar-refractivity contribution is 7.10. The fraction of sp³-hybridized carbons (Fsp3) is 0.455. The van der Waals surface area contributed by atoms with E-state index in [1.165, 1.54) is 4.90 Å². The molecule has 2 heterocycles. The van der Waals surface area contributed by atoms with Crippen molar-refractivity contribution in [3.63, 3.8) is 0 Å². The van der Waals surface area contributed by atoms with Gasteiger partial charge in [-0.2, -0.15) is 0 Å². The van der Waals surface area contributed by atoms with Crippen molar-refractivity contribution >= 4 is 23.3 Å². The summed E-state index contributed by atoms with van der Waals surface area (Å²) in [7, 11) is 0. The number of amides is 2. The van der Waals surface area contributed by atoms with Crippen LogP contribution in [0.1, 0.15) is 17.8 Å². The van der Waals surface area contributed by atoms with Gasteiger partial charge < -0.3 is 15.3 Å². The van der Waals surface area contributed by atoms with Gasteiger partial charge in [-0.25, -0.2) is 4.79 Å². The summed E-state index contributed by atoms with van der Waals surface area (Å²) in [5, 5.41) is 13.5. The Morgan fingerprint density at radius 1 is 1.59 bits per heavy atom. The largest absolute Gasteiger partial charge is 0.481 e. The molecule has 6 heteroatoms. The zero-order valence-electron chi connectivity index (χ0n) is 9.42. The molecule has 1 aromatic heterocycles. The Labute approximate surface area is 103 Å². The maximum atomic E-state index is 11.7. The van der Waals surface area contributed by atoms with Crippen LogP contribution in [-0.2, 0) is 4.79 Å². The van der Waals surface area contributed by atoms with Gasteiger partial charge in [0.15, 0.2) is 0 Å². The van der Waals surface area contributed by atoms with Gasteiger partial charge in [-0.3, -0.25) is 4.79 Å². The number of nitrogens with one attached hydrogen (secondary N) is 1. The molecule has 0 radical (unpaired) electrons. The molecule has 0 bridgehead atoms. The lowest BCUT2D eigenvalue weighted by Gasteiger charge is -2.37. The van der Waals surface area contributed by atoms with Crippen molar-refractivity contribution < 1.29 is 14.7 Å². The van der Waals surface area contributed by atoms with Crippen LogP contribution in [0.3, 0.4) is 0 Å². The van der Waals surface area contributed by atoms with Crippen molar-refractivity contribution in [2.75, 3.05) is 13.1 Å². The number of rotatable bonds is 3. The normalized spacial score (nSPS) is 17.4. The van der Waals surface area contributed by atoms with E-state index in [9.17, 15) is 9.59 Å². The van der Waals surface area contributed by atoms with Crippen LogP contribution in [0.2, 0.25) is 0 Å². The molecule has 0 aromatic carbocycles. The number of carbonyl (C=O) groups is 2. The molecular weight excluding hydrogens is 240 g/mol. The van der Waals surface area contributed by atoms with E-state index in [1.807, 2.05) is 24.4 Å². The topological polar surface area (TPSA) is 69.6 Å². The molecule has 0 saturated carbocycles. The smallest absolute Gasteiger partial charge is 0.317 e. The van der Waals surface area contributed by atoms with E-state index in [1.54, 1.807) is 11.3 Å². The summed E-state index contributed by atoms with van der Waals surface area (Å²) >= 11 is 1.59. The van der Waals surface area contributed by atoms with Crippen LogP contribution in [0.5, 0.6) is 0 Å². The highest BCUT2D eigenvalue weighted by Crippen LogP contribution is 2.20. The first-order chi connectivity index (χ1) is 8.08. The van der Waals surface area contributed by atoms with Crippen molar-refractivity contribution in [2.45, 2.75) is 13.0 Å². The molecule has 1 aliphatic rings. The van der Waals surface area contributed by atoms with E-state index in [2.05, 4.69) is 5.32 Å². The molecule has 92 valence electrons. The fourth-order valence-electron chi connectivity index (χ4n) is 1.69. The summed E-state index contributed by atoms with van der Waals surface area (Å²) in [5.74, 6) is -1.24. The summed E-state index contributed by atoms with van der Waals surface area (Å²) in [5.41, 5.74) is 0. The number of likely N-dealkylation sites (tertiary alicyclic amines) is 1. The SMILES string of the molecule is CC(NC(=O)N1CC(C(=O)O)C1)c1cccs1. The van der Waals surface area contributed by atoms with Crippen LogP contribution in [0.15, 0.2) is 17.5 Å². The molecule has 0 aliphatic carbocycles. The molecule has 1 atom stereocenters. The second-order valence-corrected chi connectivity index (χ2v) is 5.11. The third-order valence-electron chi connectivity index (χ3n) is 2.83. The molecule has 1 aromatic rings. The summed E-state index contributed by atoms with van der Waals surface area (Å²) < 4.78 is 0. The van der Waals surface area contributed by atoms with E-state index >= 15 is 0 Å². The molecule has 0 spiro atoms. The predicted octanol–water partition coefficient (Wildman–Crippen LogP) is 1.54. The Balaban J connectivity index is 1.81. The number of hydrogen-bond donors (Lipinski definition) is 2. The maximum Gasteiger partial charge on any atom is 0.317 e. The van der Waals surface area contributed by atoms with Crippen LogP contribution in [0.4, 0.5) is 4.79 Å². The third-order valence-corrected chi connectivity index (χ3v) is 3.88. The van der Waals surface area contributed by atoms with Crippen molar-refractivity contribution in [2.24, 2.45) is 5.92 Å². The first-order valence-electron chi connectivity index (χ1n) is 5.39. The molecule has 17 heavy (non-hydrogen) atoms. The van der Waals surface area contributed by atoms with E-state index < -0.39 is 11.9 Å². The van der Waals surface area contributed by atoms with E-state index in [0.717, 1.165) is 4.88 Å². The Bertz CT molecular complexity index is 412. The first kappa shape index (κ1) is 11.9. The fourth-order valence-corrected chi connectivity index (χ4v) is 2.42. The number of thiophene rings is 1. The standard InChI is InChI=1S/C11H14N2O3S/c1-7(9-3-2-4-17-9)12-11(16)13-5-8(6-13)10(14)15/h2-4,7-8H,5-6H2,1H3,(H,12,16)(H,14,15). The van der Waals surface area contributed by atoms with Crippen LogP contribution in [-0.4, -0.2) is 35.1 Å². The molecule has 5 nitrogen and oxygen atoms in total. The minimum atomic E-state index is -0.833. The zero-order valence-corrected chi connectivity index (χ0v) is 10.2. The van der Waals surface area contributed by atoms with E-state index in [0.29, 0.717) is 13.1 Å². The van der Waals surface area contributed by atoms with E-state index in [4.69, 9.17) is 5.11 Å². The number of carboxylic acid groups (broad SMARTS) is 1. The predicted molar refractivity (Wildman–Crippen MR) is 64.0 cm³/mol. The van der Waals surface area contributed by atoms with Gasteiger partial charge in [0.05, 0.1) is 12.0 Å². The molecule has 1 saturated heterocycles. The lowest BCUT2D eigenvalue weighted by atomic mass is 10.0.